The Hall–Kier alpha value is -3.00. The second-order valence-electron chi connectivity index (χ2n) is 5.86. The fraction of sp³-hybridized carbons (Fsp3) is 0.158. The number of alkyl halides is 3. The minimum atomic E-state index is -4.46. The third-order valence-electron chi connectivity index (χ3n) is 3.68. The Bertz CT molecular complexity index is 973. The Labute approximate surface area is 163 Å². The monoisotopic (exact) mass is 409 g/mol. The van der Waals surface area contributed by atoms with Crippen molar-refractivity contribution >= 4 is 23.2 Å². The first kappa shape index (κ1) is 19.8. The maximum Gasteiger partial charge on any atom is 0.405 e. The number of hydrogen-bond donors (Lipinski definition) is 2. The van der Waals surface area contributed by atoms with Crippen LogP contribution in [0.1, 0.15) is 16.2 Å². The Balaban J connectivity index is 1.62. The summed E-state index contributed by atoms with van der Waals surface area (Å²) in [5, 5.41) is 5.43. The molecule has 0 atom stereocenters. The van der Waals surface area contributed by atoms with Crippen molar-refractivity contribution in [2.24, 2.45) is 0 Å². The average Bonchev–Trinajstić information content (AvgIpc) is 3.13. The lowest BCUT2D eigenvalue weighted by molar-refractivity contribution is -0.123. The highest BCUT2D eigenvalue weighted by Gasteiger charge is 2.27. The normalized spacial score (nSPS) is 11.3. The molecule has 0 radical (unpaired) electrons. The van der Waals surface area contributed by atoms with Crippen LogP contribution in [-0.2, 0) is 6.54 Å². The fourth-order valence-electron chi connectivity index (χ4n) is 2.40. The molecule has 0 aliphatic heterocycles. The van der Waals surface area contributed by atoms with Crippen LogP contribution in [0.2, 0.25) is 5.02 Å². The zero-order valence-electron chi connectivity index (χ0n) is 14.4. The molecule has 0 bridgehead atoms. The van der Waals surface area contributed by atoms with Crippen molar-refractivity contribution in [2.45, 2.75) is 12.7 Å². The highest BCUT2D eigenvalue weighted by molar-refractivity contribution is 6.30. The summed E-state index contributed by atoms with van der Waals surface area (Å²) >= 11 is 5.96. The Morgan fingerprint density at radius 2 is 1.93 bits per heavy atom. The molecule has 0 aliphatic rings. The first-order valence-electron chi connectivity index (χ1n) is 8.20. The van der Waals surface area contributed by atoms with Crippen molar-refractivity contribution in [1.29, 1.82) is 0 Å². The van der Waals surface area contributed by atoms with Crippen LogP contribution in [0.15, 0.2) is 59.1 Å². The number of oxazole rings is 1. The van der Waals surface area contributed by atoms with Gasteiger partial charge in [0, 0.05) is 21.8 Å². The molecule has 28 heavy (non-hydrogen) atoms. The molecule has 0 fully saturated rings. The van der Waals surface area contributed by atoms with Crippen LogP contribution in [0, 0.1) is 0 Å². The number of aromatic nitrogens is 1. The number of halogens is 4. The summed E-state index contributed by atoms with van der Waals surface area (Å²) < 4.78 is 42.3. The summed E-state index contributed by atoms with van der Waals surface area (Å²) in [7, 11) is 0. The van der Waals surface area contributed by atoms with Crippen molar-refractivity contribution in [2.75, 3.05) is 11.9 Å². The Kier molecular flexibility index (Phi) is 5.89. The highest BCUT2D eigenvalue weighted by Crippen LogP contribution is 2.24. The van der Waals surface area contributed by atoms with Crippen LogP contribution in [-0.4, -0.2) is 23.6 Å². The van der Waals surface area contributed by atoms with Gasteiger partial charge in [-0.25, -0.2) is 4.98 Å². The minimum Gasteiger partial charge on any atom is -0.439 e. The summed E-state index contributed by atoms with van der Waals surface area (Å²) in [5.74, 6) is 0.154. The molecule has 146 valence electrons. The summed E-state index contributed by atoms with van der Waals surface area (Å²) in [6.07, 6.45) is -2.89. The number of nitrogens with zero attached hydrogens (tertiary/aromatic N) is 1. The van der Waals surface area contributed by atoms with Gasteiger partial charge >= 0.3 is 6.18 Å². The van der Waals surface area contributed by atoms with Crippen molar-refractivity contribution in [3.8, 4) is 11.3 Å². The van der Waals surface area contributed by atoms with E-state index in [-0.39, 0.29) is 12.1 Å². The van der Waals surface area contributed by atoms with Crippen molar-refractivity contribution in [3.05, 3.63) is 71.2 Å². The van der Waals surface area contributed by atoms with E-state index in [1.807, 2.05) is 11.4 Å². The number of amides is 1. The van der Waals surface area contributed by atoms with Gasteiger partial charge in [0.25, 0.3) is 5.91 Å². The standard InChI is InChI=1S/C19H15ClF3N3O2/c20-14-5-1-3-12(7-14)16-9-25-17(28-16)10-24-15-6-2-4-13(8-15)18(27)26-11-19(21,22)23/h1-9,24H,10-11H2,(H,26,27). The third-order valence-corrected chi connectivity index (χ3v) is 3.92. The molecule has 3 aromatic rings. The van der Waals surface area contributed by atoms with Crippen molar-refractivity contribution in [1.82, 2.24) is 10.3 Å². The smallest absolute Gasteiger partial charge is 0.405 e. The molecule has 2 N–H and O–H groups in total. The lowest BCUT2D eigenvalue weighted by Crippen LogP contribution is -2.33. The van der Waals surface area contributed by atoms with Crippen LogP contribution in [0.25, 0.3) is 11.3 Å². The van der Waals surface area contributed by atoms with E-state index < -0.39 is 18.6 Å². The SMILES string of the molecule is O=C(NCC(F)(F)F)c1cccc(NCc2ncc(-c3cccc(Cl)c3)o2)c1. The van der Waals surface area contributed by atoms with Crippen molar-refractivity contribution < 1.29 is 22.4 Å². The van der Waals surface area contributed by atoms with Gasteiger partial charge in [-0.05, 0) is 30.3 Å². The van der Waals surface area contributed by atoms with Crippen LogP contribution in [0.4, 0.5) is 18.9 Å². The van der Waals surface area contributed by atoms with Gasteiger partial charge in [-0.1, -0.05) is 29.8 Å². The zero-order valence-corrected chi connectivity index (χ0v) is 15.1. The number of carbonyl (C=O) groups excluding carboxylic acids is 1. The van der Waals surface area contributed by atoms with E-state index in [2.05, 4.69) is 10.3 Å². The maximum absolute atomic E-state index is 12.2. The number of hydrogen-bond acceptors (Lipinski definition) is 4. The first-order valence-corrected chi connectivity index (χ1v) is 8.57. The van der Waals surface area contributed by atoms with E-state index >= 15 is 0 Å². The highest BCUT2D eigenvalue weighted by atomic mass is 35.5. The maximum atomic E-state index is 12.2. The lowest BCUT2D eigenvalue weighted by Gasteiger charge is -2.09. The molecule has 1 heterocycles. The number of benzene rings is 2. The van der Waals surface area contributed by atoms with Crippen LogP contribution in [0.5, 0.6) is 0 Å². The predicted molar refractivity (Wildman–Crippen MR) is 99.1 cm³/mol. The molecule has 0 unspecified atom stereocenters. The predicted octanol–water partition coefficient (Wildman–Crippen LogP) is 4.90. The zero-order chi connectivity index (χ0) is 20.1. The lowest BCUT2D eigenvalue weighted by atomic mass is 10.2. The molecule has 5 nitrogen and oxygen atoms in total. The van der Waals surface area contributed by atoms with E-state index in [1.54, 1.807) is 36.5 Å². The van der Waals surface area contributed by atoms with E-state index in [0.29, 0.717) is 22.4 Å². The van der Waals surface area contributed by atoms with Gasteiger partial charge in [-0.2, -0.15) is 13.2 Å². The van der Waals surface area contributed by atoms with Gasteiger partial charge in [0.2, 0.25) is 5.89 Å². The van der Waals surface area contributed by atoms with Gasteiger partial charge in [0.05, 0.1) is 12.7 Å². The second kappa shape index (κ2) is 8.35. The third kappa shape index (κ3) is 5.50. The van der Waals surface area contributed by atoms with Crippen LogP contribution in [0.3, 0.4) is 0 Å². The van der Waals surface area contributed by atoms with Crippen LogP contribution < -0.4 is 10.6 Å². The molecule has 0 saturated heterocycles. The first-order chi connectivity index (χ1) is 13.3. The van der Waals surface area contributed by atoms with Gasteiger partial charge in [-0.15, -0.1) is 0 Å². The number of rotatable bonds is 6. The molecule has 0 spiro atoms. The van der Waals surface area contributed by atoms with Crippen LogP contribution >= 0.6 is 11.6 Å². The molecule has 0 saturated carbocycles. The van der Waals surface area contributed by atoms with E-state index in [4.69, 9.17) is 16.0 Å². The summed E-state index contributed by atoms with van der Waals surface area (Å²) in [5.41, 5.74) is 1.44. The molecule has 0 aliphatic carbocycles. The molecule has 3 rings (SSSR count). The molecule has 2 aromatic carbocycles. The van der Waals surface area contributed by atoms with Gasteiger partial charge in [-0.3, -0.25) is 4.79 Å². The Morgan fingerprint density at radius 1 is 1.14 bits per heavy atom. The van der Waals surface area contributed by atoms with E-state index in [1.165, 1.54) is 12.1 Å². The number of carbonyl (C=O) groups is 1. The fourth-order valence-corrected chi connectivity index (χ4v) is 2.59. The largest absolute Gasteiger partial charge is 0.439 e. The molecular weight excluding hydrogens is 395 g/mol. The second-order valence-corrected chi connectivity index (χ2v) is 6.30. The quantitative estimate of drug-likeness (QED) is 0.607. The molecule has 1 amide bonds. The number of nitrogens with one attached hydrogen (secondary N) is 2. The molecular formula is C19H15ClF3N3O2. The average molecular weight is 410 g/mol. The Morgan fingerprint density at radius 3 is 2.68 bits per heavy atom. The minimum absolute atomic E-state index is 0.112. The van der Waals surface area contributed by atoms with E-state index in [0.717, 1.165) is 5.56 Å². The van der Waals surface area contributed by atoms with E-state index in [9.17, 15) is 18.0 Å². The van der Waals surface area contributed by atoms with Gasteiger partial charge in [0.1, 0.15) is 6.54 Å². The summed E-state index contributed by atoms with van der Waals surface area (Å²) in [6.45, 7) is -1.15. The molecule has 1 aromatic heterocycles. The molecule has 9 heteroatoms. The van der Waals surface area contributed by atoms with Gasteiger partial charge < -0.3 is 15.1 Å². The van der Waals surface area contributed by atoms with Crippen molar-refractivity contribution in [3.63, 3.8) is 0 Å². The summed E-state index contributed by atoms with van der Waals surface area (Å²) in [6, 6.07) is 13.3. The van der Waals surface area contributed by atoms with Gasteiger partial charge in [0.15, 0.2) is 5.76 Å². The number of anilines is 1. The topological polar surface area (TPSA) is 67.2 Å². The summed E-state index contributed by atoms with van der Waals surface area (Å²) in [4.78, 5) is 16.0.